The van der Waals surface area contributed by atoms with Crippen molar-refractivity contribution in [1.82, 2.24) is 0 Å². The van der Waals surface area contributed by atoms with Gasteiger partial charge >= 0.3 is 0 Å². The van der Waals surface area contributed by atoms with Crippen LogP contribution in [0.5, 0.6) is 11.5 Å². The number of phenols is 1. The number of aromatic hydroxyl groups is 1. The summed E-state index contributed by atoms with van der Waals surface area (Å²) in [5.74, 6) is -0.0641. The molecule has 0 atom stereocenters. The minimum atomic E-state index is -0.546. The summed E-state index contributed by atoms with van der Waals surface area (Å²) in [6.45, 7) is 3.77. The monoisotopic (exact) mass is 328 g/mol. The summed E-state index contributed by atoms with van der Waals surface area (Å²) in [6.07, 6.45) is 0. The first kappa shape index (κ1) is 16.1. The number of ether oxygens (including phenoxy) is 1. The number of fused-ring (bicyclic) bond motifs is 1. The first-order valence-corrected chi connectivity index (χ1v) is 7.56. The van der Waals surface area contributed by atoms with Crippen LogP contribution in [0.25, 0.3) is 22.1 Å². The fourth-order valence-electron chi connectivity index (χ4n) is 2.70. The van der Waals surface area contributed by atoms with E-state index in [1.54, 1.807) is 6.07 Å². The van der Waals surface area contributed by atoms with E-state index in [2.05, 4.69) is 0 Å². The number of hydrogen-bond acceptors (Lipinski definition) is 4. The smallest absolute Gasteiger partial charge is 0.200 e. The molecule has 5 heteroatoms. The van der Waals surface area contributed by atoms with E-state index in [1.165, 1.54) is 37.4 Å². The molecule has 0 fully saturated rings. The van der Waals surface area contributed by atoms with Crippen LogP contribution < -0.4 is 10.2 Å². The van der Waals surface area contributed by atoms with E-state index < -0.39 is 5.82 Å². The predicted molar refractivity (Wildman–Crippen MR) is 90.2 cm³/mol. The minimum Gasteiger partial charge on any atom is -0.508 e. The highest BCUT2D eigenvalue weighted by Gasteiger charge is 2.20. The van der Waals surface area contributed by atoms with Crippen molar-refractivity contribution >= 4 is 11.0 Å². The number of hydrogen-bond donors (Lipinski definition) is 1. The number of benzene rings is 2. The molecule has 0 unspecified atom stereocenters. The molecule has 24 heavy (non-hydrogen) atoms. The zero-order valence-corrected chi connectivity index (χ0v) is 13.6. The average molecular weight is 328 g/mol. The third kappa shape index (κ3) is 2.62. The quantitative estimate of drug-likeness (QED) is 0.772. The second-order valence-corrected chi connectivity index (χ2v) is 5.85. The average Bonchev–Trinajstić information content (AvgIpc) is 2.54. The second-order valence-electron chi connectivity index (χ2n) is 5.85. The summed E-state index contributed by atoms with van der Waals surface area (Å²) >= 11 is 0. The SMILES string of the molecule is COc1ccc(-c2c(C(C)C)oc3cc(O)ccc3c2=O)cc1F. The van der Waals surface area contributed by atoms with Crippen LogP contribution in [0.3, 0.4) is 0 Å². The Hall–Kier alpha value is -2.82. The van der Waals surface area contributed by atoms with Crippen molar-refractivity contribution in [3.05, 3.63) is 58.2 Å². The van der Waals surface area contributed by atoms with Gasteiger partial charge in [0.15, 0.2) is 11.6 Å². The van der Waals surface area contributed by atoms with E-state index in [4.69, 9.17) is 9.15 Å². The van der Waals surface area contributed by atoms with E-state index in [0.717, 1.165) is 0 Å². The standard InChI is InChI=1S/C19H17FO4/c1-10(2)19-17(11-4-7-15(23-3)14(20)8-11)18(22)13-6-5-12(21)9-16(13)24-19/h4-10,21H,1-3H3. The Labute approximate surface area is 138 Å². The Morgan fingerprint density at radius 3 is 2.54 bits per heavy atom. The molecule has 0 saturated heterocycles. The van der Waals surface area contributed by atoms with E-state index in [1.807, 2.05) is 13.8 Å². The molecule has 1 heterocycles. The van der Waals surface area contributed by atoms with Crippen LogP contribution in [0, 0.1) is 5.82 Å². The number of phenolic OH excluding ortho intramolecular Hbond substituents is 1. The van der Waals surface area contributed by atoms with E-state index >= 15 is 0 Å². The molecule has 0 saturated carbocycles. The van der Waals surface area contributed by atoms with E-state index in [-0.39, 0.29) is 22.8 Å². The van der Waals surface area contributed by atoms with Crippen molar-refractivity contribution in [2.24, 2.45) is 0 Å². The lowest BCUT2D eigenvalue weighted by atomic mass is 9.96. The number of rotatable bonds is 3. The first-order valence-electron chi connectivity index (χ1n) is 7.56. The van der Waals surface area contributed by atoms with Gasteiger partial charge < -0.3 is 14.3 Å². The fourth-order valence-corrected chi connectivity index (χ4v) is 2.70. The minimum absolute atomic E-state index is 0.0172. The van der Waals surface area contributed by atoms with Gasteiger partial charge in [0, 0.05) is 12.0 Å². The van der Waals surface area contributed by atoms with E-state index in [9.17, 15) is 14.3 Å². The van der Waals surface area contributed by atoms with Gasteiger partial charge in [-0.1, -0.05) is 19.9 Å². The van der Waals surface area contributed by atoms with Crippen LogP contribution in [0.1, 0.15) is 25.5 Å². The lowest BCUT2D eigenvalue weighted by molar-refractivity contribution is 0.386. The maximum atomic E-state index is 14.1. The van der Waals surface area contributed by atoms with Crippen molar-refractivity contribution in [3.8, 4) is 22.6 Å². The second kappa shape index (κ2) is 6.00. The van der Waals surface area contributed by atoms with E-state index in [0.29, 0.717) is 27.9 Å². The molecule has 3 aromatic rings. The molecule has 0 spiro atoms. The van der Waals surface area contributed by atoms with Crippen LogP contribution >= 0.6 is 0 Å². The van der Waals surface area contributed by atoms with Crippen molar-refractivity contribution < 1.29 is 18.7 Å². The van der Waals surface area contributed by atoms with Gasteiger partial charge in [-0.05, 0) is 29.8 Å². The topological polar surface area (TPSA) is 59.7 Å². The van der Waals surface area contributed by atoms with Crippen LogP contribution in [-0.4, -0.2) is 12.2 Å². The van der Waals surface area contributed by atoms with Crippen LogP contribution in [0.2, 0.25) is 0 Å². The lowest BCUT2D eigenvalue weighted by Gasteiger charge is -2.13. The molecule has 2 aromatic carbocycles. The zero-order chi connectivity index (χ0) is 17.4. The first-order chi connectivity index (χ1) is 11.4. The Kier molecular flexibility index (Phi) is 4.01. The Morgan fingerprint density at radius 1 is 1.17 bits per heavy atom. The molecule has 3 rings (SSSR count). The number of methoxy groups -OCH3 is 1. The molecule has 4 nitrogen and oxygen atoms in total. The molecule has 0 bridgehead atoms. The fraction of sp³-hybridized carbons (Fsp3) is 0.211. The van der Waals surface area contributed by atoms with Crippen molar-refractivity contribution in [1.29, 1.82) is 0 Å². The third-order valence-electron chi connectivity index (χ3n) is 3.87. The highest BCUT2D eigenvalue weighted by atomic mass is 19.1. The predicted octanol–water partition coefficient (Wildman–Crippen LogP) is 4.44. The summed E-state index contributed by atoms with van der Waals surface area (Å²) in [6, 6.07) is 8.71. The van der Waals surface area contributed by atoms with Crippen molar-refractivity contribution in [3.63, 3.8) is 0 Å². The Bertz CT molecular complexity index is 973. The van der Waals surface area contributed by atoms with Crippen LogP contribution in [0.4, 0.5) is 4.39 Å². The normalized spacial score (nSPS) is 11.2. The Morgan fingerprint density at radius 2 is 1.92 bits per heavy atom. The molecule has 1 N–H and O–H groups in total. The van der Waals surface area contributed by atoms with Gasteiger partial charge in [0.05, 0.1) is 18.1 Å². The van der Waals surface area contributed by atoms with Crippen molar-refractivity contribution in [2.45, 2.75) is 19.8 Å². The molecule has 0 aliphatic heterocycles. The lowest BCUT2D eigenvalue weighted by Crippen LogP contribution is -2.10. The maximum absolute atomic E-state index is 14.1. The van der Waals surface area contributed by atoms with Crippen molar-refractivity contribution in [2.75, 3.05) is 7.11 Å². The van der Waals surface area contributed by atoms with Gasteiger partial charge in [-0.2, -0.15) is 0 Å². The molecule has 1 aromatic heterocycles. The highest BCUT2D eigenvalue weighted by Crippen LogP contribution is 2.32. The van der Waals surface area contributed by atoms with Gasteiger partial charge in [0.1, 0.15) is 17.1 Å². The summed E-state index contributed by atoms with van der Waals surface area (Å²) < 4.78 is 24.9. The highest BCUT2D eigenvalue weighted by molar-refractivity contribution is 5.84. The summed E-state index contributed by atoms with van der Waals surface area (Å²) in [5.41, 5.74) is 0.802. The number of halogens is 1. The zero-order valence-electron chi connectivity index (χ0n) is 13.6. The van der Waals surface area contributed by atoms with Gasteiger partial charge in [-0.25, -0.2) is 4.39 Å². The van der Waals surface area contributed by atoms with Gasteiger partial charge in [-0.3, -0.25) is 4.79 Å². The van der Waals surface area contributed by atoms with Crippen LogP contribution in [0.15, 0.2) is 45.6 Å². The summed E-state index contributed by atoms with van der Waals surface area (Å²) in [4.78, 5) is 12.9. The van der Waals surface area contributed by atoms with Gasteiger partial charge in [-0.15, -0.1) is 0 Å². The largest absolute Gasteiger partial charge is 0.508 e. The molecule has 0 aliphatic rings. The molecule has 124 valence electrons. The third-order valence-corrected chi connectivity index (χ3v) is 3.87. The Balaban J connectivity index is 2.36. The summed E-state index contributed by atoms with van der Waals surface area (Å²) in [5, 5.41) is 9.94. The molecule has 0 aliphatic carbocycles. The van der Waals surface area contributed by atoms with Gasteiger partial charge in [0.2, 0.25) is 5.43 Å². The molecule has 0 radical (unpaired) electrons. The van der Waals surface area contributed by atoms with Crippen LogP contribution in [-0.2, 0) is 0 Å². The molecular formula is C19H17FO4. The van der Waals surface area contributed by atoms with Gasteiger partial charge in [0.25, 0.3) is 0 Å². The molecule has 0 amide bonds. The summed E-state index contributed by atoms with van der Waals surface area (Å²) in [7, 11) is 1.38. The molecular weight excluding hydrogens is 311 g/mol. The maximum Gasteiger partial charge on any atom is 0.200 e.